The molecule has 2 aromatic heterocycles. The Kier molecular flexibility index (Phi) is 4.07. The Morgan fingerprint density at radius 1 is 1.25 bits per heavy atom. The van der Waals surface area contributed by atoms with E-state index in [1.807, 2.05) is 22.9 Å². The number of hydrogen-bond acceptors (Lipinski definition) is 4. The molecule has 7 heteroatoms. The van der Waals surface area contributed by atoms with Crippen molar-refractivity contribution in [3.05, 3.63) is 82.4 Å². The van der Waals surface area contributed by atoms with Crippen molar-refractivity contribution in [2.45, 2.75) is 0 Å². The van der Waals surface area contributed by atoms with E-state index in [-0.39, 0.29) is 11.5 Å². The summed E-state index contributed by atoms with van der Waals surface area (Å²) in [6.07, 6.45) is 8.18. The summed E-state index contributed by atoms with van der Waals surface area (Å²) >= 11 is 0. The fourth-order valence-electron chi connectivity index (χ4n) is 2.31. The standard InChI is InChI=1S/C17H14N4O3/c1-19-12-13(11-18-19)17(22)9-8-14-3-2-10-20(14)15-4-6-16(7-5-15)21(23)24/h2-12H,1H3/b9-8+. The van der Waals surface area contributed by atoms with E-state index >= 15 is 0 Å². The smallest absolute Gasteiger partial charge is 0.269 e. The summed E-state index contributed by atoms with van der Waals surface area (Å²) in [4.78, 5) is 22.4. The number of hydrogen-bond donors (Lipinski definition) is 0. The first-order chi connectivity index (χ1) is 11.5. The van der Waals surface area contributed by atoms with Gasteiger partial charge in [0.15, 0.2) is 5.78 Å². The number of allylic oxidation sites excluding steroid dienone is 1. The number of aryl methyl sites for hydroxylation is 1. The summed E-state index contributed by atoms with van der Waals surface area (Å²) in [5.74, 6) is -0.139. The van der Waals surface area contributed by atoms with Crippen molar-refractivity contribution in [2.24, 2.45) is 7.05 Å². The molecule has 0 aliphatic heterocycles. The molecule has 0 radical (unpaired) electrons. The molecule has 0 fully saturated rings. The van der Waals surface area contributed by atoms with E-state index in [1.165, 1.54) is 24.4 Å². The zero-order valence-corrected chi connectivity index (χ0v) is 12.9. The lowest BCUT2D eigenvalue weighted by atomic mass is 10.2. The number of ketones is 1. The third kappa shape index (κ3) is 3.14. The van der Waals surface area contributed by atoms with Crippen molar-refractivity contribution in [3.8, 4) is 5.69 Å². The molecule has 3 aromatic rings. The summed E-state index contributed by atoms with van der Waals surface area (Å²) in [7, 11) is 1.75. The number of aromatic nitrogens is 3. The SMILES string of the molecule is Cn1cc(C(=O)/C=C/c2cccn2-c2ccc([N+](=O)[O-])cc2)cn1. The predicted molar refractivity (Wildman–Crippen MR) is 89.0 cm³/mol. The highest BCUT2D eigenvalue weighted by atomic mass is 16.6. The molecule has 24 heavy (non-hydrogen) atoms. The normalized spacial score (nSPS) is 11.0. The molecule has 0 aliphatic carbocycles. The first-order valence-corrected chi connectivity index (χ1v) is 7.18. The number of carbonyl (C=O) groups is 1. The molecule has 0 spiro atoms. The van der Waals surface area contributed by atoms with Crippen molar-refractivity contribution in [1.29, 1.82) is 0 Å². The van der Waals surface area contributed by atoms with E-state index in [2.05, 4.69) is 5.10 Å². The maximum atomic E-state index is 12.1. The molecule has 7 nitrogen and oxygen atoms in total. The molecule has 0 aliphatic rings. The minimum atomic E-state index is -0.438. The summed E-state index contributed by atoms with van der Waals surface area (Å²) in [6.45, 7) is 0. The topological polar surface area (TPSA) is 83.0 Å². The Hall–Kier alpha value is -3.48. The monoisotopic (exact) mass is 322 g/mol. The van der Waals surface area contributed by atoms with Crippen LogP contribution in [0.4, 0.5) is 5.69 Å². The van der Waals surface area contributed by atoms with Gasteiger partial charge >= 0.3 is 0 Å². The lowest BCUT2D eigenvalue weighted by Gasteiger charge is -2.06. The van der Waals surface area contributed by atoms with Crippen molar-refractivity contribution >= 4 is 17.5 Å². The molecular weight excluding hydrogens is 308 g/mol. The zero-order valence-electron chi connectivity index (χ0n) is 12.9. The second-order valence-corrected chi connectivity index (χ2v) is 5.18. The summed E-state index contributed by atoms with van der Waals surface area (Å²) in [5.41, 5.74) is 2.12. The van der Waals surface area contributed by atoms with Gasteiger partial charge in [0.1, 0.15) is 0 Å². The first kappa shape index (κ1) is 15.4. The summed E-state index contributed by atoms with van der Waals surface area (Å²) in [6, 6.07) is 9.92. The van der Waals surface area contributed by atoms with E-state index in [9.17, 15) is 14.9 Å². The quantitative estimate of drug-likeness (QED) is 0.313. The highest BCUT2D eigenvalue weighted by molar-refractivity contribution is 6.06. The van der Waals surface area contributed by atoms with Crippen molar-refractivity contribution in [3.63, 3.8) is 0 Å². The second-order valence-electron chi connectivity index (χ2n) is 5.18. The number of nitrogens with zero attached hydrogens (tertiary/aromatic N) is 4. The number of nitro groups is 1. The van der Waals surface area contributed by atoms with Gasteiger partial charge in [0.25, 0.3) is 5.69 Å². The zero-order chi connectivity index (χ0) is 17.1. The first-order valence-electron chi connectivity index (χ1n) is 7.18. The molecule has 0 N–H and O–H groups in total. The van der Waals surface area contributed by atoms with E-state index in [0.717, 1.165) is 11.4 Å². The van der Waals surface area contributed by atoms with E-state index in [0.29, 0.717) is 5.56 Å². The fraction of sp³-hybridized carbons (Fsp3) is 0.0588. The maximum Gasteiger partial charge on any atom is 0.269 e. The van der Waals surface area contributed by atoms with Crippen LogP contribution in [0.3, 0.4) is 0 Å². The van der Waals surface area contributed by atoms with Crippen LogP contribution in [0.25, 0.3) is 11.8 Å². The minimum absolute atomic E-state index is 0.0368. The fourth-order valence-corrected chi connectivity index (χ4v) is 2.31. The number of nitro benzene ring substituents is 1. The number of non-ortho nitro benzene ring substituents is 1. The van der Waals surface area contributed by atoms with Crippen LogP contribution >= 0.6 is 0 Å². The van der Waals surface area contributed by atoms with Gasteiger partial charge in [-0.3, -0.25) is 19.6 Å². The molecule has 0 saturated heterocycles. The van der Waals surface area contributed by atoms with Crippen LogP contribution in [-0.2, 0) is 7.05 Å². The van der Waals surface area contributed by atoms with Gasteiger partial charge in [-0.2, -0.15) is 5.10 Å². The molecule has 3 rings (SSSR count). The third-order valence-corrected chi connectivity index (χ3v) is 3.51. The Bertz CT molecular complexity index is 919. The number of rotatable bonds is 5. The predicted octanol–water partition coefficient (Wildman–Crippen LogP) is 3.02. The number of carbonyl (C=O) groups excluding carboxylic acids is 1. The van der Waals surface area contributed by atoms with Gasteiger partial charge in [0.2, 0.25) is 0 Å². The van der Waals surface area contributed by atoms with Crippen LogP contribution in [0, 0.1) is 10.1 Å². The molecule has 2 heterocycles. The van der Waals surface area contributed by atoms with Gasteiger partial charge in [0.05, 0.1) is 16.7 Å². The average Bonchev–Trinajstić information content (AvgIpc) is 3.21. The highest BCUT2D eigenvalue weighted by Gasteiger charge is 2.07. The Morgan fingerprint density at radius 3 is 2.62 bits per heavy atom. The molecule has 120 valence electrons. The third-order valence-electron chi connectivity index (χ3n) is 3.51. The van der Waals surface area contributed by atoms with Crippen LogP contribution in [0.15, 0.2) is 61.1 Å². The van der Waals surface area contributed by atoms with E-state index in [4.69, 9.17) is 0 Å². The van der Waals surface area contributed by atoms with Gasteiger partial charge < -0.3 is 4.57 Å². The Labute approximate surface area is 137 Å². The minimum Gasteiger partial charge on any atom is -0.317 e. The molecule has 0 saturated carbocycles. The molecule has 0 bridgehead atoms. The van der Waals surface area contributed by atoms with Gasteiger partial charge in [-0.15, -0.1) is 0 Å². The van der Waals surface area contributed by atoms with Gasteiger partial charge in [-0.05, 0) is 36.4 Å². The summed E-state index contributed by atoms with van der Waals surface area (Å²) < 4.78 is 3.41. The van der Waals surface area contributed by atoms with Gasteiger partial charge in [-0.25, -0.2) is 0 Å². The average molecular weight is 322 g/mol. The largest absolute Gasteiger partial charge is 0.317 e. The molecule has 1 aromatic carbocycles. The summed E-state index contributed by atoms with van der Waals surface area (Å²) in [5, 5.41) is 14.7. The van der Waals surface area contributed by atoms with Crippen LogP contribution < -0.4 is 0 Å². The molecule has 0 atom stereocenters. The second kappa shape index (κ2) is 6.33. The van der Waals surface area contributed by atoms with E-state index in [1.54, 1.807) is 36.1 Å². The van der Waals surface area contributed by atoms with E-state index < -0.39 is 4.92 Å². The Morgan fingerprint density at radius 2 is 2.00 bits per heavy atom. The van der Waals surface area contributed by atoms with Crippen LogP contribution in [0.1, 0.15) is 16.1 Å². The van der Waals surface area contributed by atoms with Crippen molar-refractivity contribution in [2.75, 3.05) is 0 Å². The molecule has 0 unspecified atom stereocenters. The van der Waals surface area contributed by atoms with Gasteiger partial charge in [0, 0.05) is 43.0 Å². The van der Waals surface area contributed by atoms with Crippen molar-refractivity contribution < 1.29 is 9.72 Å². The highest BCUT2D eigenvalue weighted by Crippen LogP contribution is 2.18. The van der Waals surface area contributed by atoms with Gasteiger partial charge in [-0.1, -0.05) is 0 Å². The van der Waals surface area contributed by atoms with Crippen LogP contribution in [0.2, 0.25) is 0 Å². The van der Waals surface area contributed by atoms with Crippen LogP contribution in [-0.4, -0.2) is 25.1 Å². The lowest BCUT2D eigenvalue weighted by molar-refractivity contribution is -0.384. The Balaban J connectivity index is 1.83. The van der Waals surface area contributed by atoms with Crippen LogP contribution in [0.5, 0.6) is 0 Å². The molecular formula is C17H14N4O3. The maximum absolute atomic E-state index is 12.1. The lowest BCUT2D eigenvalue weighted by Crippen LogP contribution is -1.97. The molecule has 0 amide bonds. The van der Waals surface area contributed by atoms with Crippen molar-refractivity contribution in [1.82, 2.24) is 14.3 Å². The number of benzene rings is 1.